The fourth-order valence-electron chi connectivity index (χ4n) is 3.02. The first kappa shape index (κ1) is 22.7. The summed E-state index contributed by atoms with van der Waals surface area (Å²) in [6, 6.07) is 16.5. The Balaban J connectivity index is 1.95. The van der Waals surface area contributed by atoms with Crippen molar-refractivity contribution in [3.05, 3.63) is 54.6 Å². The van der Waals surface area contributed by atoms with E-state index >= 15 is 0 Å². The molecule has 0 atom stereocenters. The summed E-state index contributed by atoms with van der Waals surface area (Å²) < 4.78 is 25.6. The largest absolute Gasteiger partial charge is 0.352 e. The van der Waals surface area contributed by atoms with Gasteiger partial charge in [-0.3, -0.25) is 0 Å². The van der Waals surface area contributed by atoms with Crippen LogP contribution in [0.5, 0.6) is 0 Å². The van der Waals surface area contributed by atoms with E-state index in [0.29, 0.717) is 23.4 Å². The van der Waals surface area contributed by atoms with Crippen LogP contribution in [0.25, 0.3) is 11.4 Å². The molecule has 0 radical (unpaired) electrons. The van der Waals surface area contributed by atoms with Crippen LogP contribution in [0, 0.1) is 5.41 Å². The Morgan fingerprint density at radius 1 is 0.903 bits per heavy atom. The lowest BCUT2D eigenvalue weighted by molar-refractivity contribution is 0.462. The Morgan fingerprint density at radius 2 is 1.58 bits per heavy atom. The van der Waals surface area contributed by atoms with Crippen molar-refractivity contribution in [3.8, 4) is 11.4 Å². The van der Waals surface area contributed by atoms with Crippen molar-refractivity contribution < 1.29 is 8.42 Å². The Hall–Kier alpha value is -3.00. The summed E-state index contributed by atoms with van der Waals surface area (Å²) in [5.41, 5.74) is 1.12. The van der Waals surface area contributed by atoms with Crippen LogP contribution in [-0.4, -0.2) is 35.2 Å². The van der Waals surface area contributed by atoms with E-state index in [1.165, 1.54) is 0 Å². The lowest BCUT2D eigenvalue weighted by Gasteiger charge is -2.18. The third-order valence-electron chi connectivity index (χ3n) is 4.16. The summed E-state index contributed by atoms with van der Waals surface area (Å²) in [5.74, 6) is 1.37. The molecule has 0 aliphatic carbocycles. The van der Waals surface area contributed by atoms with E-state index < -0.39 is 9.84 Å². The average molecular weight is 440 g/mol. The lowest BCUT2D eigenvalue weighted by Crippen LogP contribution is -2.20. The van der Waals surface area contributed by atoms with Crippen molar-refractivity contribution in [1.82, 2.24) is 15.0 Å². The van der Waals surface area contributed by atoms with Crippen molar-refractivity contribution in [1.29, 1.82) is 0 Å². The molecule has 0 saturated heterocycles. The molecule has 3 aromatic rings. The summed E-state index contributed by atoms with van der Waals surface area (Å²) in [7, 11) is -3.41. The molecule has 3 rings (SSSR count). The van der Waals surface area contributed by atoms with Gasteiger partial charge in [-0.05, 0) is 37.5 Å². The highest BCUT2D eigenvalue weighted by molar-refractivity contribution is 7.91. The first-order valence-corrected chi connectivity index (χ1v) is 11.8. The maximum atomic E-state index is 12.8. The van der Waals surface area contributed by atoms with Crippen LogP contribution >= 0.6 is 0 Å². The van der Waals surface area contributed by atoms with E-state index in [4.69, 9.17) is 0 Å². The highest BCUT2D eigenvalue weighted by Crippen LogP contribution is 2.25. The number of rotatable bonds is 7. The van der Waals surface area contributed by atoms with Crippen molar-refractivity contribution in [2.24, 2.45) is 5.41 Å². The quantitative estimate of drug-likeness (QED) is 0.539. The van der Waals surface area contributed by atoms with Crippen LogP contribution in [0.1, 0.15) is 34.6 Å². The van der Waals surface area contributed by atoms with E-state index in [0.717, 1.165) is 5.56 Å². The van der Waals surface area contributed by atoms with Crippen molar-refractivity contribution in [3.63, 3.8) is 0 Å². The second-order valence-corrected chi connectivity index (χ2v) is 10.9. The molecule has 0 fully saturated rings. The molecular formula is C23H29N5O2S. The number of anilines is 3. The van der Waals surface area contributed by atoms with Gasteiger partial charge >= 0.3 is 0 Å². The van der Waals surface area contributed by atoms with Crippen LogP contribution < -0.4 is 10.6 Å². The Morgan fingerprint density at radius 3 is 2.23 bits per heavy atom. The Kier molecular flexibility index (Phi) is 6.59. The lowest BCUT2D eigenvalue weighted by atomic mass is 10.0. The molecule has 0 aliphatic rings. The molecule has 0 unspecified atom stereocenters. The molecule has 8 heteroatoms. The summed E-state index contributed by atoms with van der Waals surface area (Å²) >= 11 is 0. The third kappa shape index (κ3) is 6.49. The average Bonchev–Trinajstić information content (AvgIpc) is 2.66. The molecule has 31 heavy (non-hydrogen) atoms. The zero-order valence-electron chi connectivity index (χ0n) is 18.5. The van der Waals surface area contributed by atoms with Crippen molar-refractivity contribution in [2.45, 2.75) is 45.6 Å². The zero-order chi connectivity index (χ0) is 22.6. The van der Waals surface area contributed by atoms with Crippen LogP contribution in [0.15, 0.2) is 59.5 Å². The number of nitrogens with zero attached hydrogens (tertiary/aromatic N) is 3. The van der Waals surface area contributed by atoms with Gasteiger partial charge in [0, 0.05) is 17.3 Å². The Labute approximate surface area is 184 Å². The first-order chi connectivity index (χ1) is 14.5. The predicted molar refractivity (Wildman–Crippen MR) is 125 cm³/mol. The van der Waals surface area contributed by atoms with Gasteiger partial charge in [0.15, 0.2) is 15.7 Å². The standard InChI is InChI=1S/C23H29N5O2S/c1-16(2)24-21-26-20(17-10-7-6-8-11-17)27-22(28-21)25-18-12-9-13-19(14-18)31(29,30)15-23(3,4)5/h6-14,16H,15H2,1-5H3,(H2,24,25,26,27,28). The number of sulfone groups is 1. The summed E-state index contributed by atoms with van der Waals surface area (Å²) in [6.07, 6.45) is 0. The highest BCUT2D eigenvalue weighted by Gasteiger charge is 2.23. The van der Waals surface area contributed by atoms with Gasteiger partial charge in [0.1, 0.15) is 0 Å². The van der Waals surface area contributed by atoms with Crippen LogP contribution in [0.2, 0.25) is 0 Å². The summed E-state index contributed by atoms with van der Waals surface area (Å²) in [4.78, 5) is 13.8. The fourth-order valence-corrected chi connectivity index (χ4v) is 4.92. The molecule has 0 bridgehead atoms. The van der Waals surface area contributed by atoms with Gasteiger partial charge in [0.2, 0.25) is 11.9 Å². The maximum absolute atomic E-state index is 12.8. The molecule has 1 aromatic heterocycles. The van der Waals surface area contributed by atoms with Gasteiger partial charge < -0.3 is 10.6 Å². The van der Waals surface area contributed by atoms with Gasteiger partial charge in [0.05, 0.1) is 10.6 Å². The molecule has 0 saturated carbocycles. The fraction of sp³-hybridized carbons (Fsp3) is 0.348. The number of hydrogen-bond donors (Lipinski definition) is 2. The summed E-state index contributed by atoms with van der Waals surface area (Å²) in [6.45, 7) is 9.73. The van der Waals surface area contributed by atoms with Crippen LogP contribution in [0.4, 0.5) is 17.6 Å². The third-order valence-corrected chi connectivity index (χ3v) is 6.38. The molecule has 2 aromatic carbocycles. The molecule has 1 heterocycles. The molecule has 7 nitrogen and oxygen atoms in total. The monoisotopic (exact) mass is 439 g/mol. The van der Waals surface area contributed by atoms with Crippen molar-refractivity contribution in [2.75, 3.05) is 16.4 Å². The maximum Gasteiger partial charge on any atom is 0.232 e. The zero-order valence-corrected chi connectivity index (χ0v) is 19.4. The topological polar surface area (TPSA) is 96.9 Å². The van der Waals surface area contributed by atoms with Gasteiger partial charge in [-0.1, -0.05) is 57.2 Å². The van der Waals surface area contributed by atoms with Gasteiger partial charge in [-0.15, -0.1) is 0 Å². The van der Waals surface area contributed by atoms with Crippen LogP contribution in [-0.2, 0) is 9.84 Å². The second-order valence-electron chi connectivity index (χ2n) is 8.94. The normalized spacial score (nSPS) is 12.1. The number of nitrogens with one attached hydrogen (secondary N) is 2. The number of benzene rings is 2. The predicted octanol–water partition coefficient (Wildman–Crippen LogP) is 4.92. The molecule has 2 N–H and O–H groups in total. The minimum atomic E-state index is -3.41. The SMILES string of the molecule is CC(C)Nc1nc(Nc2cccc(S(=O)(=O)CC(C)(C)C)c2)nc(-c2ccccc2)n1. The molecule has 0 aliphatic heterocycles. The first-order valence-electron chi connectivity index (χ1n) is 10.2. The van der Waals surface area contributed by atoms with Crippen LogP contribution in [0.3, 0.4) is 0 Å². The molecule has 0 amide bonds. The van der Waals surface area contributed by atoms with Crippen molar-refractivity contribution >= 4 is 27.4 Å². The van der Waals surface area contributed by atoms with E-state index in [1.807, 2.05) is 65.0 Å². The Bertz CT molecular complexity index is 1140. The van der Waals surface area contributed by atoms with Gasteiger partial charge in [-0.2, -0.15) is 15.0 Å². The van der Waals surface area contributed by atoms with E-state index in [1.54, 1.807) is 24.3 Å². The van der Waals surface area contributed by atoms with E-state index in [9.17, 15) is 8.42 Å². The minimum Gasteiger partial charge on any atom is -0.352 e. The molecule has 0 spiro atoms. The molecule has 164 valence electrons. The number of hydrogen-bond acceptors (Lipinski definition) is 7. The summed E-state index contributed by atoms with van der Waals surface area (Å²) in [5, 5.41) is 6.34. The smallest absolute Gasteiger partial charge is 0.232 e. The minimum absolute atomic E-state index is 0.0653. The molecular weight excluding hydrogens is 410 g/mol. The number of aromatic nitrogens is 3. The van der Waals surface area contributed by atoms with E-state index in [-0.39, 0.29) is 22.1 Å². The van der Waals surface area contributed by atoms with E-state index in [2.05, 4.69) is 25.6 Å². The van der Waals surface area contributed by atoms with Gasteiger partial charge in [-0.25, -0.2) is 8.42 Å². The van der Waals surface area contributed by atoms with Gasteiger partial charge in [0.25, 0.3) is 0 Å². The second kappa shape index (κ2) is 9.01. The highest BCUT2D eigenvalue weighted by atomic mass is 32.2.